The zero-order valence-electron chi connectivity index (χ0n) is 24.4. The van der Waals surface area contributed by atoms with Crippen LogP contribution in [0.2, 0.25) is 0 Å². The third kappa shape index (κ3) is 5.64. The fourth-order valence-electron chi connectivity index (χ4n) is 6.23. The second-order valence-corrected chi connectivity index (χ2v) is 12.3. The first-order chi connectivity index (χ1) is 19.1. The van der Waals surface area contributed by atoms with Crippen molar-refractivity contribution >= 4 is 21.9 Å². The minimum absolute atomic E-state index is 0. The summed E-state index contributed by atoms with van der Waals surface area (Å²) in [6, 6.07) is 31.2. The average Bonchev–Trinajstić information content (AvgIpc) is 3.39. The van der Waals surface area contributed by atoms with Crippen LogP contribution in [0.1, 0.15) is 56.4 Å². The first-order valence-corrected chi connectivity index (χ1v) is 13.9. The molecule has 4 heteroatoms. The van der Waals surface area contributed by atoms with E-state index in [0.717, 1.165) is 50.9 Å². The molecule has 0 spiro atoms. The standard InChI is InChI=1S/C24H22NO.C13H12N.Ir/c1-23(2)14-24(3,4)19-13-25-20(12-18(19)23)15-9-10-22-17(11-15)16-7-5-6-8-21(16)26-22;1-10-4-3-5-12(8-10)13-9-11(2)6-7-14-13;/h5-8,10-13H,14H2,1-4H3;3-4,6-9H,1-2H3;/q2*-1;. The quantitative estimate of drug-likeness (QED) is 0.168. The number of nitrogens with zero attached hydrogens (tertiary/aromatic N) is 2. The van der Waals surface area contributed by atoms with Gasteiger partial charge in [-0.1, -0.05) is 75.9 Å². The van der Waals surface area contributed by atoms with Gasteiger partial charge in [-0.15, -0.1) is 59.2 Å². The van der Waals surface area contributed by atoms with Crippen LogP contribution in [0.3, 0.4) is 0 Å². The van der Waals surface area contributed by atoms with Gasteiger partial charge in [-0.3, -0.25) is 0 Å². The van der Waals surface area contributed by atoms with Crippen molar-refractivity contribution in [2.45, 2.75) is 58.8 Å². The van der Waals surface area contributed by atoms with E-state index in [1.54, 1.807) is 0 Å². The zero-order chi connectivity index (χ0) is 28.1. The molecule has 3 aromatic heterocycles. The van der Waals surface area contributed by atoms with Gasteiger partial charge in [-0.25, -0.2) is 0 Å². The number of furan rings is 1. The molecule has 0 fully saturated rings. The molecule has 0 N–H and O–H groups in total. The van der Waals surface area contributed by atoms with E-state index in [1.165, 1.54) is 22.3 Å². The van der Waals surface area contributed by atoms with E-state index in [9.17, 15) is 0 Å². The maximum Gasteiger partial charge on any atom is 0.120 e. The van der Waals surface area contributed by atoms with Gasteiger partial charge in [0.1, 0.15) is 5.58 Å². The second-order valence-electron chi connectivity index (χ2n) is 12.3. The normalized spacial score (nSPS) is 14.7. The Hall–Kier alpha value is -3.59. The van der Waals surface area contributed by atoms with Gasteiger partial charge < -0.3 is 14.4 Å². The number of aromatic nitrogens is 2. The maximum atomic E-state index is 5.93. The van der Waals surface area contributed by atoms with E-state index in [2.05, 4.69) is 95.2 Å². The molecule has 41 heavy (non-hydrogen) atoms. The van der Waals surface area contributed by atoms with Gasteiger partial charge in [-0.2, -0.15) is 0 Å². The molecule has 0 unspecified atom stereocenters. The van der Waals surface area contributed by atoms with Crippen LogP contribution >= 0.6 is 0 Å². The van der Waals surface area contributed by atoms with Crippen LogP contribution < -0.4 is 0 Å². The number of aryl methyl sites for hydroxylation is 2. The molecule has 3 heterocycles. The summed E-state index contributed by atoms with van der Waals surface area (Å²) in [6.07, 6.45) is 5.06. The summed E-state index contributed by atoms with van der Waals surface area (Å²) in [6.45, 7) is 13.4. The van der Waals surface area contributed by atoms with Crippen molar-refractivity contribution in [3.8, 4) is 22.5 Å². The van der Waals surface area contributed by atoms with E-state index in [1.807, 2.05) is 48.7 Å². The average molecular weight is 715 g/mol. The number of hydrogen-bond acceptors (Lipinski definition) is 3. The van der Waals surface area contributed by atoms with Gasteiger partial charge >= 0.3 is 0 Å². The number of pyridine rings is 2. The van der Waals surface area contributed by atoms with Gasteiger partial charge in [0.25, 0.3) is 0 Å². The van der Waals surface area contributed by atoms with Crippen molar-refractivity contribution in [3.05, 3.63) is 120 Å². The molecule has 3 aromatic carbocycles. The maximum absolute atomic E-state index is 5.93. The molecule has 1 radical (unpaired) electrons. The number of hydrogen-bond donors (Lipinski definition) is 0. The summed E-state index contributed by atoms with van der Waals surface area (Å²) in [5.74, 6) is 0. The van der Waals surface area contributed by atoms with Crippen molar-refractivity contribution in [1.29, 1.82) is 0 Å². The Morgan fingerprint density at radius 2 is 1.41 bits per heavy atom. The van der Waals surface area contributed by atoms with Crippen LogP contribution in [0.5, 0.6) is 0 Å². The predicted molar refractivity (Wildman–Crippen MR) is 164 cm³/mol. The molecule has 1 aliphatic carbocycles. The molecule has 0 saturated carbocycles. The van der Waals surface area contributed by atoms with E-state index < -0.39 is 0 Å². The molecule has 7 rings (SSSR count). The van der Waals surface area contributed by atoms with Crippen LogP contribution in [0.25, 0.3) is 44.5 Å². The molecule has 0 amide bonds. The predicted octanol–water partition coefficient (Wildman–Crippen LogP) is 9.57. The van der Waals surface area contributed by atoms with Gasteiger partial charge in [0, 0.05) is 37.9 Å². The SMILES string of the molecule is CC1(C)CC(C)(C)c2cc(-c3[c-]cc4oc5ccccc5c4c3)ncc21.Cc1cc[c-]c(-c2cc(C)ccn2)c1.[Ir]. The van der Waals surface area contributed by atoms with Crippen LogP contribution in [0.15, 0.2) is 89.6 Å². The number of fused-ring (bicyclic) bond motifs is 4. The molecule has 0 atom stereocenters. The van der Waals surface area contributed by atoms with Crippen molar-refractivity contribution in [3.63, 3.8) is 0 Å². The van der Waals surface area contributed by atoms with E-state index in [-0.39, 0.29) is 30.9 Å². The summed E-state index contributed by atoms with van der Waals surface area (Å²) in [5.41, 5.74) is 11.5. The summed E-state index contributed by atoms with van der Waals surface area (Å²) < 4.78 is 5.93. The summed E-state index contributed by atoms with van der Waals surface area (Å²) >= 11 is 0. The third-order valence-electron chi connectivity index (χ3n) is 7.98. The Labute approximate surface area is 256 Å². The Kier molecular flexibility index (Phi) is 7.76. The third-order valence-corrected chi connectivity index (χ3v) is 7.98. The number of rotatable bonds is 2. The minimum atomic E-state index is 0. The van der Waals surface area contributed by atoms with Gasteiger partial charge in [0.05, 0.1) is 5.58 Å². The summed E-state index contributed by atoms with van der Waals surface area (Å²) in [5, 5.41) is 2.26. The van der Waals surface area contributed by atoms with Gasteiger partial charge in [0.2, 0.25) is 0 Å². The Morgan fingerprint density at radius 1 is 0.707 bits per heavy atom. The zero-order valence-corrected chi connectivity index (χ0v) is 26.8. The summed E-state index contributed by atoms with van der Waals surface area (Å²) in [4.78, 5) is 9.11. The smallest absolute Gasteiger partial charge is 0.120 e. The van der Waals surface area contributed by atoms with Gasteiger partial charge in [0.15, 0.2) is 0 Å². The second kappa shape index (κ2) is 11.0. The molecular weight excluding hydrogens is 681 g/mol. The molecule has 0 saturated heterocycles. The van der Waals surface area contributed by atoms with Crippen LogP contribution in [0, 0.1) is 26.0 Å². The molecule has 1 aliphatic rings. The molecule has 209 valence electrons. The monoisotopic (exact) mass is 715 g/mol. The first-order valence-electron chi connectivity index (χ1n) is 13.9. The van der Waals surface area contributed by atoms with E-state index in [4.69, 9.17) is 9.40 Å². The molecule has 6 aromatic rings. The largest absolute Gasteiger partial charge is 0.500 e. The Bertz CT molecular complexity index is 1820. The van der Waals surface area contributed by atoms with Crippen LogP contribution in [-0.2, 0) is 30.9 Å². The van der Waals surface area contributed by atoms with E-state index >= 15 is 0 Å². The van der Waals surface area contributed by atoms with Crippen LogP contribution in [0.4, 0.5) is 0 Å². The van der Waals surface area contributed by atoms with E-state index in [0.29, 0.717) is 0 Å². The van der Waals surface area contributed by atoms with Crippen molar-refractivity contribution in [1.82, 2.24) is 9.97 Å². The number of benzene rings is 3. The topological polar surface area (TPSA) is 38.9 Å². The Balaban J connectivity index is 0.000000192. The number of para-hydroxylation sites is 1. The molecule has 0 aliphatic heterocycles. The summed E-state index contributed by atoms with van der Waals surface area (Å²) in [7, 11) is 0. The van der Waals surface area contributed by atoms with Gasteiger partial charge in [-0.05, 0) is 58.8 Å². The van der Waals surface area contributed by atoms with Crippen molar-refractivity contribution in [2.24, 2.45) is 0 Å². The fraction of sp³-hybridized carbons (Fsp3) is 0.243. The van der Waals surface area contributed by atoms with Crippen molar-refractivity contribution < 1.29 is 24.5 Å². The fourth-order valence-corrected chi connectivity index (χ4v) is 6.23. The Morgan fingerprint density at radius 3 is 2.20 bits per heavy atom. The molecule has 3 nitrogen and oxygen atoms in total. The van der Waals surface area contributed by atoms with Crippen LogP contribution in [-0.4, -0.2) is 9.97 Å². The molecule has 0 bridgehead atoms. The minimum Gasteiger partial charge on any atom is -0.500 e. The molecular formula is C37H34IrN2O-2. The van der Waals surface area contributed by atoms with Crippen molar-refractivity contribution in [2.75, 3.05) is 0 Å². The first kappa shape index (κ1) is 28.9.